The number of aliphatic hydroxyl groups is 2. The maximum Gasteiger partial charge on any atom is 0.142 e. The van der Waals surface area contributed by atoms with Gasteiger partial charge in [-0.25, -0.2) is 17.3 Å². The Morgan fingerprint density at radius 2 is 2.03 bits per heavy atom. The number of nitrogens with zero attached hydrogens (tertiary/aromatic N) is 2. The van der Waals surface area contributed by atoms with E-state index in [1.54, 1.807) is 6.07 Å². The summed E-state index contributed by atoms with van der Waals surface area (Å²) in [6.07, 6.45) is 0. The zero-order chi connectivity index (χ0) is 21.3. The molecule has 0 amide bonds. The van der Waals surface area contributed by atoms with Crippen LogP contribution in [0.25, 0.3) is 0 Å². The highest BCUT2D eigenvalue weighted by Gasteiger charge is 2.48. The predicted octanol–water partition coefficient (Wildman–Crippen LogP) is 3.37. The topological polar surface area (TPSA) is 84.6 Å². The monoisotopic (exact) mass is 478 g/mol. The van der Waals surface area contributed by atoms with Gasteiger partial charge in [-0.05, 0) is 30.3 Å². The normalized spacial score (nSPS) is 23.1. The molecule has 1 saturated heterocycles. The van der Waals surface area contributed by atoms with Crippen LogP contribution in [0, 0.1) is 23.0 Å². The van der Waals surface area contributed by atoms with E-state index in [0.717, 1.165) is 23.9 Å². The van der Waals surface area contributed by atoms with E-state index in [1.807, 2.05) is 0 Å². The van der Waals surface area contributed by atoms with Crippen molar-refractivity contribution in [3.05, 3.63) is 57.6 Å². The van der Waals surface area contributed by atoms with Gasteiger partial charge in [-0.1, -0.05) is 23.2 Å². The highest BCUT2D eigenvalue weighted by atomic mass is 35.5. The molecule has 0 saturated carbocycles. The molecule has 0 spiro atoms. The summed E-state index contributed by atoms with van der Waals surface area (Å²) in [5.41, 5.74) is -2.15. The van der Waals surface area contributed by atoms with E-state index < -0.39 is 45.6 Å². The first-order valence-electron chi connectivity index (χ1n) is 8.19. The average molecular weight is 479 g/mol. The molecular formula is C18H14Cl2F2N2O3S2. The molecule has 3 rings (SSSR count). The van der Waals surface area contributed by atoms with Crippen molar-refractivity contribution in [1.29, 1.82) is 5.26 Å². The van der Waals surface area contributed by atoms with Crippen molar-refractivity contribution in [2.45, 2.75) is 20.6 Å². The first-order valence-corrected chi connectivity index (χ1v) is 10.9. The molecule has 154 valence electrons. The second kappa shape index (κ2) is 8.86. The van der Waals surface area contributed by atoms with E-state index in [4.69, 9.17) is 28.5 Å². The fourth-order valence-corrected chi connectivity index (χ4v) is 6.15. The van der Waals surface area contributed by atoms with Crippen LogP contribution in [0.1, 0.15) is 5.56 Å². The van der Waals surface area contributed by atoms with Gasteiger partial charge in [0.15, 0.2) is 0 Å². The number of halogens is 4. The second-order valence-electron chi connectivity index (χ2n) is 6.39. The highest BCUT2D eigenvalue weighted by molar-refractivity contribution is 8.00. The molecule has 2 unspecified atom stereocenters. The maximum absolute atomic E-state index is 14.3. The molecule has 3 atom stereocenters. The highest BCUT2D eigenvalue weighted by Crippen LogP contribution is 2.39. The molecular weight excluding hydrogens is 465 g/mol. The van der Waals surface area contributed by atoms with Crippen LogP contribution in [0.2, 0.25) is 10.0 Å². The molecule has 29 heavy (non-hydrogen) atoms. The molecule has 1 aliphatic rings. The minimum atomic E-state index is -1.77. The Hall–Kier alpha value is -1.25. The number of aliphatic hydroxyl groups excluding tert-OH is 1. The van der Waals surface area contributed by atoms with E-state index in [2.05, 4.69) is 0 Å². The van der Waals surface area contributed by atoms with E-state index in [9.17, 15) is 23.2 Å². The van der Waals surface area contributed by atoms with Crippen molar-refractivity contribution in [2.24, 2.45) is 0 Å². The SMILES string of the molecule is N#Cc1cc(F)c(S[C@H]2CN(S(=O)c3ccc(Cl)cc3Cl)CC2(O)CO)cc1F. The summed E-state index contributed by atoms with van der Waals surface area (Å²) >= 11 is 12.8. The van der Waals surface area contributed by atoms with Crippen LogP contribution in [0.4, 0.5) is 8.78 Å². The quantitative estimate of drug-likeness (QED) is 0.687. The van der Waals surface area contributed by atoms with Crippen molar-refractivity contribution in [2.75, 3.05) is 19.7 Å². The molecule has 0 radical (unpaired) electrons. The molecule has 1 aliphatic heterocycles. The number of thioether (sulfide) groups is 1. The maximum atomic E-state index is 14.3. The molecule has 1 fully saturated rings. The number of hydrogen-bond acceptors (Lipinski definition) is 5. The van der Waals surface area contributed by atoms with Gasteiger partial charge in [0.2, 0.25) is 0 Å². The Bertz CT molecular complexity index is 1020. The number of rotatable bonds is 5. The fraction of sp³-hybridized carbons (Fsp3) is 0.278. The largest absolute Gasteiger partial charge is 0.393 e. The zero-order valence-corrected chi connectivity index (χ0v) is 17.8. The van der Waals surface area contributed by atoms with Crippen LogP contribution < -0.4 is 0 Å². The Kier molecular flexibility index (Phi) is 6.85. The lowest BCUT2D eigenvalue weighted by Crippen LogP contribution is -2.43. The molecule has 2 N–H and O–H groups in total. The Morgan fingerprint density at radius 3 is 2.66 bits per heavy atom. The lowest BCUT2D eigenvalue weighted by atomic mass is 10.1. The Labute approximate surface area is 182 Å². The van der Waals surface area contributed by atoms with Gasteiger partial charge in [0, 0.05) is 23.0 Å². The lowest BCUT2D eigenvalue weighted by molar-refractivity contribution is 0.00342. The van der Waals surface area contributed by atoms with Gasteiger partial charge in [0.25, 0.3) is 0 Å². The van der Waals surface area contributed by atoms with Crippen LogP contribution in [0.3, 0.4) is 0 Å². The Balaban J connectivity index is 1.86. The first-order chi connectivity index (χ1) is 13.7. The van der Waals surface area contributed by atoms with Crippen molar-refractivity contribution >= 4 is 45.9 Å². The van der Waals surface area contributed by atoms with Crippen LogP contribution in [0.15, 0.2) is 40.1 Å². The van der Waals surface area contributed by atoms with Gasteiger partial charge in [0.05, 0.1) is 27.3 Å². The summed E-state index contributed by atoms with van der Waals surface area (Å²) in [7, 11) is -1.77. The molecule has 1 heterocycles. The summed E-state index contributed by atoms with van der Waals surface area (Å²) in [5, 5.41) is 29.0. The third kappa shape index (κ3) is 4.59. The average Bonchev–Trinajstić information content (AvgIpc) is 3.01. The summed E-state index contributed by atoms with van der Waals surface area (Å²) < 4.78 is 42.4. The predicted molar refractivity (Wildman–Crippen MR) is 107 cm³/mol. The molecule has 0 bridgehead atoms. The minimum Gasteiger partial charge on any atom is -0.393 e. The smallest absolute Gasteiger partial charge is 0.142 e. The number of benzene rings is 2. The lowest BCUT2D eigenvalue weighted by Gasteiger charge is -2.26. The van der Waals surface area contributed by atoms with Crippen LogP contribution in [-0.2, 0) is 11.0 Å². The van der Waals surface area contributed by atoms with Crippen LogP contribution in [0.5, 0.6) is 0 Å². The summed E-state index contributed by atoms with van der Waals surface area (Å²) in [6, 6.07) is 7.64. The van der Waals surface area contributed by atoms with Crippen LogP contribution in [-0.4, -0.2) is 49.3 Å². The molecule has 5 nitrogen and oxygen atoms in total. The van der Waals surface area contributed by atoms with Gasteiger partial charge < -0.3 is 10.2 Å². The Morgan fingerprint density at radius 1 is 1.31 bits per heavy atom. The third-order valence-electron chi connectivity index (χ3n) is 4.42. The first kappa shape index (κ1) is 22.4. The van der Waals surface area contributed by atoms with Crippen molar-refractivity contribution in [3.63, 3.8) is 0 Å². The molecule has 11 heteroatoms. The van der Waals surface area contributed by atoms with Gasteiger partial charge in [-0.2, -0.15) is 5.26 Å². The summed E-state index contributed by atoms with van der Waals surface area (Å²) in [6.45, 7) is -0.839. The van der Waals surface area contributed by atoms with Gasteiger partial charge in [-0.15, -0.1) is 11.8 Å². The van der Waals surface area contributed by atoms with Gasteiger partial charge >= 0.3 is 0 Å². The van der Waals surface area contributed by atoms with E-state index in [-0.39, 0.29) is 27.9 Å². The number of β-amino-alcohol motifs (C(OH)–C–C–N with tert-alkyl or cyclic N) is 1. The van der Waals surface area contributed by atoms with Crippen LogP contribution >= 0.6 is 35.0 Å². The minimum absolute atomic E-state index is 0.00829. The van der Waals surface area contributed by atoms with Crippen molar-refractivity contribution in [3.8, 4) is 6.07 Å². The third-order valence-corrected chi connectivity index (χ3v) is 8.00. The summed E-state index contributed by atoms with van der Waals surface area (Å²) in [4.78, 5) is 0.146. The zero-order valence-electron chi connectivity index (χ0n) is 14.6. The molecule has 0 aromatic heterocycles. The fourth-order valence-electron chi connectivity index (χ4n) is 2.87. The van der Waals surface area contributed by atoms with E-state index in [0.29, 0.717) is 5.02 Å². The van der Waals surface area contributed by atoms with Gasteiger partial charge in [-0.3, -0.25) is 0 Å². The second-order valence-corrected chi connectivity index (χ2v) is 9.93. The van der Waals surface area contributed by atoms with E-state index in [1.165, 1.54) is 22.5 Å². The molecule has 0 aliphatic carbocycles. The van der Waals surface area contributed by atoms with Crippen molar-refractivity contribution < 1.29 is 23.2 Å². The summed E-state index contributed by atoms with van der Waals surface area (Å²) in [5.74, 6) is -1.72. The molecule has 2 aromatic rings. The standard InChI is InChI=1S/C18H14Cl2F2N2O3S2/c19-11-1-2-16(12(20)4-11)29(27)24-7-17(18(26,8-24)9-25)28-15-5-13(21)10(6-23)3-14(15)22/h1-5,17,25-26H,7-9H2/t17-,18?,29?/m0/s1. The number of nitriles is 1. The van der Waals surface area contributed by atoms with E-state index >= 15 is 0 Å². The number of hydrogen-bond donors (Lipinski definition) is 2. The van der Waals surface area contributed by atoms with Crippen molar-refractivity contribution in [1.82, 2.24) is 4.31 Å². The van der Waals surface area contributed by atoms with Gasteiger partial charge in [0.1, 0.15) is 34.3 Å². The molecule has 2 aromatic carbocycles.